The number of anilines is 1. The van der Waals surface area contributed by atoms with E-state index in [9.17, 15) is 8.42 Å². The van der Waals surface area contributed by atoms with Gasteiger partial charge in [-0.3, -0.25) is 0 Å². The maximum atomic E-state index is 11.6. The van der Waals surface area contributed by atoms with Crippen LogP contribution in [0.1, 0.15) is 18.9 Å². The van der Waals surface area contributed by atoms with Gasteiger partial charge in [0.2, 0.25) is 0 Å². The zero-order valence-corrected chi connectivity index (χ0v) is 10.9. The molecule has 0 bridgehead atoms. The predicted octanol–water partition coefficient (Wildman–Crippen LogP) is 2.36. The average Bonchev–Trinajstić information content (AvgIpc) is 2.09. The lowest BCUT2D eigenvalue weighted by molar-refractivity contribution is 0.594. The minimum atomic E-state index is -2.99. The molecule has 3 nitrogen and oxygen atoms in total. The molecule has 15 heavy (non-hydrogen) atoms. The van der Waals surface area contributed by atoms with Crippen LogP contribution in [0, 0.1) is 0 Å². The highest BCUT2D eigenvalue weighted by molar-refractivity contribution is 9.10. The quantitative estimate of drug-likeness (QED) is 0.867. The molecule has 0 aromatic heterocycles. The average molecular weight is 292 g/mol. The van der Waals surface area contributed by atoms with Crippen LogP contribution in [0.3, 0.4) is 0 Å². The van der Waals surface area contributed by atoms with Gasteiger partial charge in [0.25, 0.3) is 0 Å². The maximum Gasteiger partial charge on any atom is 0.154 e. The van der Waals surface area contributed by atoms with Gasteiger partial charge in [0.05, 0.1) is 11.5 Å². The zero-order valence-electron chi connectivity index (χ0n) is 8.53. The van der Waals surface area contributed by atoms with Crippen molar-refractivity contribution in [2.45, 2.75) is 19.1 Å². The molecule has 0 aliphatic carbocycles. The molecule has 0 amide bonds. The number of nitrogen functional groups attached to an aromatic ring is 1. The van der Waals surface area contributed by atoms with E-state index in [4.69, 9.17) is 5.73 Å². The molecule has 0 aliphatic heterocycles. The summed E-state index contributed by atoms with van der Waals surface area (Å²) >= 11 is 3.31. The Morgan fingerprint density at radius 3 is 2.60 bits per heavy atom. The van der Waals surface area contributed by atoms with Gasteiger partial charge in [-0.25, -0.2) is 8.42 Å². The van der Waals surface area contributed by atoms with Crippen molar-refractivity contribution < 1.29 is 8.42 Å². The van der Waals surface area contributed by atoms with Gasteiger partial charge in [0, 0.05) is 10.2 Å². The Bertz CT molecular complexity index is 443. The van der Waals surface area contributed by atoms with Gasteiger partial charge in [-0.15, -0.1) is 0 Å². The normalized spacial score (nSPS) is 11.6. The van der Waals surface area contributed by atoms with Gasteiger partial charge < -0.3 is 5.73 Å². The van der Waals surface area contributed by atoms with Gasteiger partial charge >= 0.3 is 0 Å². The Hall–Kier alpha value is -0.550. The van der Waals surface area contributed by atoms with Gasteiger partial charge in [-0.05, 0) is 24.1 Å². The second kappa shape index (κ2) is 4.99. The van der Waals surface area contributed by atoms with E-state index in [-0.39, 0.29) is 11.5 Å². The summed E-state index contributed by atoms with van der Waals surface area (Å²) in [4.78, 5) is 0. The first-order valence-corrected chi connectivity index (χ1v) is 7.30. The van der Waals surface area contributed by atoms with Crippen LogP contribution in [0.5, 0.6) is 0 Å². The van der Waals surface area contributed by atoms with Crippen LogP contribution in [0.25, 0.3) is 0 Å². The molecule has 1 aromatic rings. The fourth-order valence-corrected chi connectivity index (χ4v) is 3.51. The third-order valence-electron chi connectivity index (χ3n) is 1.97. The number of halogens is 1. The molecular formula is C10H14BrNO2S. The van der Waals surface area contributed by atoms with Crippen molar-refractivity contribution in [3.8, 4) is 0 Å². The minimum absolute atomic E-state index is 0.0711. The Balaban J connectivity index is 2.90. The lowest BCUT2D eigenvalue weighted by Crippen LogP contribution is -2.09. The first-order chi connectivity index (χ1) is 6.94. The SMILES string of the molecule is CCCS(=O)(=O)Cc1ccc(N)cc1Br. The molecule has 0 aliphatic rings. The molecule has 0 saturated carbocycles. The van der Waals surface area contributed by atoms with Crippen molar-refractivity contribution in [2.24, 2.45) is 0 Å². The molecule has 0 spiro atoms. The molecule has 84 valence electrons. The van der Waals surface area contributed by atoms with Gasteiger partial charge in [-0.1, -0.05) is 28.9 Å². The van der Waals surface area contributed by atoms with Gasteiger partial charge in [0.1, 0.15) is 0 Å². The van der Waals surface area contributed by atoms with E-state index < -0.39 is 9.84 Å². The summed E-state index contributed by atoms with van der Waals surface area (Å²) < 4.78 is 23.9. The standard InChI is InChI=1S/C10H14BrNO2S/c1-2-5-15(13,14)7-8-3-4-9(12)6-10(8)11/h3-4,6H,2,5,7,12H2,1H3. The van der Waals surface area contributed by atoms with Crippen LogP contribution >= 0.6 is 15.9 Å². The molecule has 0 atom stereocenters. The van der Waals surface area contributed by atoms with Crippen molar-refractivity contribution in [1.29, 1.82) is 0 Å². The molecule has 0 heterocycles. The monoisotopic (exact) mass is 291 g/mol. The molecule has 2 N–H and O–H groups in total. The van der Waals surface area contributed by atoms with E-state index in [1.165, 1.54) is 0 Å². The minimum Gasteiger partial charge on any atom is -0.399 e. The summed E-state index contributed by atoms with van der Waals surface area (Å²) in [6, 6.07) is 5.17. The highest BCUT2D eigenvalue weighted by Gasteiger charge is 2.12. The van der Waals surface area contributed by atoms with Crippen molar-refractivity contribution in [1.82, 2.24) is 0 Å². The lowest BCUT2D eigenvalue weighted by atomic mass is 10.2. The number of hydrogen-bond acceptors (Lipinski definition) is 3. The molecule has 0 radical (unpaired) electrons. The molecule has 1 rings (SSSR count). The third-order valence-corrected chi connectivity index (χ3v) is 4.49. The van der Waals surface area contributed by atoms with Crippen LogP contribution in [0.2, 0.25) is 0 Å². The van der Waals surface area contributed by atoms with Gasteiger partial charge in [-0.2, -0.15) is 0 Å². The van der Waals surface area contributed by atoms with E-state index in [1.807, 2.05) is 6.92 Å². The number of benzene rings is 1. The summed E-state index contributed by atoms with van der Waals surface area (Å²) in [7, 11) is -2.99. The summed E-state index contributed by atoms with van der Waals surface area (Å²) in [6.45, 7) is 1.86. The largest absolute Gasteiger partial charge is 0.399 e. The highest BCUT2D eigenvalue weighted by atomic mass is 79.9. The number of nitrogens with two attached hydrogens (primary N) is 1. The van der Waals surface area contributed by atoms with Crippen LogP contribution < -0.4 is 5.73 Å². The Labute approximate surface area is 98.7 Å². The number of rotatable bonds is 4. The highest BCUT2D eigenvalue weighted by Crippen LogP contribution is 2.22. The molecule has 1 aromatic carbocycles. The Kier molecular flexibility index (Phi) is 4.16. The van der Waals surface area contributed by atoms with Crippen LogP contribution in [-0.2, 0) is 15.6 Å². The van der Waals surface area contributed by atoms with Gasteiger partial charge in [0.15, 0.2) is 9.84 Å². The number of sulfone groups is 1. The summed E-state index contributed by atoms with van der Waals surface area (Å²) in [5.41, 5.74) is 6.96. The smallest absolute Gasteiger partial charge is 0.154 e. The van der Waals surface area contributed by atoms with Crippen molar-refractivity contribution in [3.05, 3.63) is 28.2 Å². The van der Waals surface area contributed by atoms with Crippen LogP contribution in [0.4, 0.5) is 5.69 Å². The summed E-state index contributed by atoms with van der Waals surface area (Å²) in [6.07, 6.45) is 0.648. The fourth-order valence-electron chi connectivity index (χ4n) is 1.30. The Morgan fingerprint density at radius 2 is 2.07 bits per heavy atom. The van der Waals surface area contributed by atoms with Crippen molar-refractivity contribution in [3.63, 3.8) is 0 Å². The second-order valence-electron chi connectivity index (χ2n) is 3.44. The lowest BCUT2D eigenvalue weighted by Gasteiger charge is -2.06. The third kappa shape index (κ3) is 3.83. The Morgan fingerprint density at radius 1 is 1.40 bits per heavy atom. The number of hydrogen-bond donors (Lipinski definition) is 1. The van der Waals surface area contributed by atoms with E-state index in [0.717, 1.165) is 10.0 Å². The van der Waals surface area contributed by atoms with Crippen LogP contribution in [0.15, 0.2) is 22.7 Å². The van der Waals surface area contributed by atoms with Crippen molar-refractivity contribution in [2.75, 3.05) is 11.5 Å². The summed E-state index contributed by atoms with van der Waals surface area (Å²) in [5, 5.41) is 0. The molecule has 5 heteroatoms. The topological polar surface area (TPSA) is 60.2 Å². The molecule has 0 saturated heterocycles. The van der Waals surface area contributed by atoms with E-state index in [1.54, 1.807) is 18.2 Å². The van der Waals surface area contributed by atoms with E-state index in [2.05, 4.69) is 15.9 Å². The first-order valence-electron chi connectivity index (χ1n) is 4.69. The zero-order chi connectivity index (χ0) is 11.5. The van der Waals surface area contributed by atoms with E-state index >= 15 is 0 Å². The maximum absolute atomic E-state index is 11.6. The van der Waals surface area contributed by atoms with E-state index in [0.29, 0.717) is 12.1 Å². The van der Waals surface area contributed by atoms with Crippen LogP contribution in [-0.4, -0.2) is 14.2 Å². The fraction of sp³-hybridized carbons (Fsp3) is 0.400. The second-order valence-corrected chi connectivity index (χ2v) is 6.48. The molecular weight excluding hydrogens is 278 g/mol. The summed E-state index contributed by atoms with van der Waals surface area (Å²) in [5.74, 6) is 0.297. The molecule has 0 fully saturated rings. The van der Waals surface area contributed by atoms with Crippen molar-refractivity contribution >= 4 is 31.5 Å². The first kappa shape index (κ1) is 12.5. The molecule has 0 unspecified atom stereocenters. The predicted molar refractivity (Wildman–Crippen MR) is 66.3 cm³/mol.